The summed E-state index contributed by atoms with van der Waals surface area (Å²) >= 11 is 0. The Morgan fingerprint density at radius 3 is 2.25 bits per heavy atom. The van der Waals surface area contributed by atoms with Crippen molar-refractivity contribution in [2.45, 2.75) is 32.4 Å². The molecule has 2 nitrogen and oxygen atoms in total. The van der Waals surface area contributed by atoms with Gasteiger partial charge in [-0.2, -0.15) is 0 Å². The maximum absolute atomic E-state index is 10.4. The first kappa shape index (κ1) is 14.8. The Bertz CT molecular complexity index is 538. The van der Waals surface area contributed by atoms with Crippen molar-refractivity contribution >= 4 is 0 Å². The molecule has 0 aromatic heterocycles. The van der Waals surface area contributed by atoms with Crippen LogP contribution in [0.15, 0.2) is 54.6 Å². The van der Waals surface area contributed by atoms with Crippen molar-refractivity contribution < 1.29 is 5.11 Å². The lowest BCUT2D eigenvalue weighted by molar-refractivity contribution is 0.121. The fourth-order valence-electron chi connectivity index (χ4n) is 2.51. The van der Waals surface area contributed by atoms with E-state index in [1.54, 1.807) is 0 Å². The standard InChI is InChI=1S/C18H23NO/c1-13-8-6-7-11-16(13)12-14(2)17(19)18(20)15-9-4-3-5-10-15/h3-11,14,17-18,20H,12,19H2,1-2H3/t14?,17-,18-/m1/s1. The lowest BCUT2D eigenvalue weighted by atomic mass is 9.87. The third-order valence-corrected chi connectivity index (χ3v) is 3.97. The number of aryl methyl sites for hydroxylation is 1. The van der Waals surface area contributed by atoms with Crippen molar-refractivity contribution in [3.63, 3.8) is 0 Å². The second-order valence-electron chi connectivity index (χ2n) is 5.54. The fourth-order valence-corrected chi connectivity index (χ4v) is 2.51. The summed E-state index contributed by atoms with van der Waals surface area (Å²) in [5.41, 5.74) is 9.71. The molecule has 2 heteroatoms. The van der Waals surface area contributed by atoms with Crippen molar-refractivity contribution in [3.8, 4) is 0 Å². The fraction of sp³-hybridized carbons (Fsp3) is 0.333. The van der Waals surface area contributed by atoms with Crippen LogP contribution in [0, 0.1) is 12.8 Å². The molecular formula is C18H23NO. The van der Waals surface area contributed by atoms with Gasteiger partial charge in [0.25, 0.3) is 0 Å². The molecule has 0 amide bonds. The summed E-state index contributed by atoms with van der Waals surface area (Å²) in [4.78, 5) is 0. The number of hydrogen-bond acceptors (Lipinski definition) is 2. The molecule has 3 N–H and O–H groups in total. The molecule has 2 rings (SSSR count). The van der Waals surface area contributed by atoms with E-state index >= 15 is 0 Å². The molecule has 0 heterocycles. The van der Waals surface area contributed by atoms with E-state index in [0.717, 1.165) is 12.0 Å². The minimum Gasteiger partial charge on any atom is -0.387 e. The molecule has 0 saturated carbocycles. The Hall–Kier alpha value is -1.64. The summed E-state index contributed by atoms with van der Waals surface area (Å²) in [5.74, 6) is 0.214. The van der Waals surface area contributed by atoms with Gasteiger partial charge in [-0.1, -0.05) is 61.5 Å². The Morgan fingerprint density at radius 1 is 1.00 bits per heavy atom. The highest BCUT2D eigenvalue weighted by atomic mass is 16.3. The summed E-state index contributed by atoms with van der Waals surface area (Å²) in [6.45, 7) is 4.21. The average molecular weight is 269 g/mol. The molecule has 106 valence electrons. The normalized spacial score (nSPS) is 15.6. The molecule has 0 radical (unpaired) electrons. The van der Waals surface area contributed by atoms with Gasteiger partial charge < -0.3 is 10.8 Å². The zero-order valence-electron chi connectivity index (χ0n) is 12.2. The predicted octanol–water partition coefficient (Wildman–Crippen LogP) is 3.23. The first-order chi connectivity index (χ1) is 9.59. The summed E-state index contributed by atoms with van der Waals surface area (Å²) in [5, 5.41) is 10.4. The molecule has 0 aliphatic rings. The molecule has 0 aliphatic heterocycles. The number of rotatable bonds is 5. The minimum atomic E-state index is -0.616. The first-order valence-corrected chi connectivity index (χ1v) is 7.12. The maximum Gasteiger partial charge on any atom is 0.0943 e. The third-order valence-electron chi connectivity index (χ3n) is 3.97. The van der Waals surface area contributed by atoms with Crippen LogP contribution in [0.5, 0.6) is 0 Å². The molecular weight excluding hydrogens is 246 g/mol. The zero-order chi connectivity index (χ0) is 14.5. The van der Waals surface area contributed by atoms with E-state index in [9.17, 15) is 5.11 Å². The van der Waals surface area contributed by atoms with Gasteiger partial charge in [0.05, 0.1) is 6.10 Å². The van der Waals surface area contributed by atoms with Crippen LogP contribution in [0.4, 0.5) is 0 Å². The van der Waals surface area contributed by atoms with Crippen LogP contribution in [-0.4, -0.2) is 11.1 Å². The quantitative estimate of drug-likeness (QED) is 0.875. The Kier molecular flexibility index (Phi) is 4.94. The second kappa shape index (κ2) is 6.69. The summed E-state index contributed by atoms with van der Waals surface area (Å²) in [6, 6.07) is 17.7. The topological polar surface area (TPSA) is 46.2 Å². The van der Waals surface area contributed by atoms with Crippen molar-refractivity contribution in [1.82, 2.24) is 0 Å². The maximum atomic E-state index is 10.4. The molecule has 0 bridgehead atoms. The smallest absolute Gasteiger partial charge is 0.0943 e. The molecule has 3 atom stereocenters. The van der Waals surface area contributed by atoms with Gasteiger partial charge in [-0.15, -0.1) is 0 Å². The van der Waals surface area contributed by atoms with Crippen molar-refractivity contribution in [1.29, 1.82) is 0 Å². The summed E-state index contributed by atoms with van der Waals surface area (Å²) < 4.78 is 0. The van der Waals surface area contributed by atoms with Crippen LogP contribution >= 0.6 is 0 Å². The van der Waals surface area contributed by atoms with E-state index < -0.39 is 6.10 Å². The molecule has 2 aromatic carbocycles. The number of benzene rings is 2. The van der Waals surface area contributed by atoms with Gasteiger partial charge in [-0.3, -0.25) is 0 Å². The lowest BCUT2D eigenvalue weighted by Gasteiger charge is -2.26. The van der Waals surface area contributed by atoms with Crippen molar-refractivity contribution in [3.05, 3.63) is 71.3 Å². The van der Waals surface area contributed by atoms with E-state index in [4.69, 9.17) is 5.73 Å². The number of aliphatic hydroxyl groups excluding tert-OH is 1. The van der Waals surface area contributed by atoms with Crippen molar-refractivity contribution in [2.75, 3.05) is 0 Å². The van der Waals surface area contributed by atoms with Gasteiger partial charge in [-0.25, -0.2) is 0 Å². The predicted molar refractivity (Wildman–Crippen MR) is 83.4 cm³/mol. The lowest BCUT2D eigenvalue weighted by Crippen LogP contribution is -2.36. The molecule has 0 spiro atoms. The van der Waals surface area contributed by atoms with Crippen LogP contribution in [0.3, 0.4) is 0 Å². The highest BCUT2D eigenvalue weighted by Crippen LogP contribution is 2.23. The van der Waals surface area contributed by atoms with Gasteiger partial charge in [0.15, 0.2) is 0 Å². The Morgan fingerprint density at radius 2 is 1.60 bits per heavy atom. The van der Waals surface area contributed by atoms with Gasteiger partial charge in [0.2, 0.25) is 0 Å². The molecule has 2 aromatic rings. The van der Waals surface area contributed by atoms with E-state index in [0.29, 0.717) is 0 Å². The molecule has 1 unspecified atom stereocenters. The molecule has 0 fully saturated rings. The van der Waals surface area contributed by atoms with Crippen LogP contribution in [-0.2, 0) is 6.42 Å². The SMILES string of the molecule is Cc1ccccc1CC(C)[C@@H](N)[C@H](O)c1ccccc1. The van der Waals surface area contributed by atoms with E-state index in [1.807, 2.05) is 42.5 Å². The van der Waals surface area contributed by atoms with E-state index in [2.05, 4.69) is 26.0 Å². The van der Waals surface area contributed by atoms with Gasteiger partial charge in [0, 0.05) is 6.04 Å². The van der Waals surface area contributed by atoms with Gasteiger partial charge >= 0.3 is 0 Å². The zero-order valence-corrected chi connectivity index (χ0v) is 12.2. The second-order valence-corrected chi connectivity index (χ2v) is 5.54. The first-order valence-electron chi connectivity index (χ1n) is 7.12. The van der Waals surface area contributed by atoms with Crippen molar-refractivity contribution in [2.24, 2.45) is 11.7 Å². The van der Waals surface area contributed by atoms with Crippen LogP contribution in [0.2, 0.25) is 0 Å². The molecule has 20 heavy (non-hydrogen) atoms. The monoisotopic (exact) mass is 269 g/mol. The Labute approximate surface area is 121 Å². The van der Waals surface area contributed by atoms with Crippen LogP contribution < -0.4 is 5.73 Å². The third kappa shape index (κ3) is 3.47. The molecule has 0 saturated heterocycles. The van der Waals surface area contributed by atoms with E-state index in [-0.39, 0.29) is 12.0 Å². The number of nitrogens with two attached hydrogens (primary N) is 1. The number of hydrogen-bond donors (Lipinski definition) is 2. The minimum absolute atomic E-state index is 0.214. The summed E-state index contributed by atoms with van der Waals surface area (Å²) in [7, 11) is 0. The largest absolute Gasteiger partial charge is 0.387 e. The summed E-state index contributed by atoms with van der Waals surface area (Å²) in [6.07, 6.45) is 0.271. The average Bonchev–Trinajstić information content (AvgIpc) is 2.49. The number of aliphatic hydroxyl groups is 1. The van der Waals surface area contributed by atoms with Gasteiger partial charge in [-0.05, 0) is 36.0 Å². The highest BCUT2D eigenvalue weighted by molar-refractivity contribution is 5.26. The molecule has 0 aliphatic carbocycles. The van der Waals surface area contributed by atoms with Gasteiger partial charge in [0.1, 0.15) is 0 Å². The van der Waals surface area contributed by atoms with Crippen LogP contribution in [0.25, 0.3) is 0 Å². The van der Waals surface area contributed by atoms with Crippen LogP contribution in [0.1, 0.15) is 29.7 Å². The Balaban J connectivity index is 2.05. The highest BCUT2D eigenvalue weighted by Gasteiger charge is 2.23. The van der Waals surface area contributed by atoms with E-state index in [1.165, 1.54) is 11.1 Å².